The second-order valence-corrected chi connectivity index (χ2v) is 5.02. The van der Waals surface area contributed by atoms with Crippen molar-refractivity contribution in [1.29, 1.82) is 0 Å². The molecule has 0 aromatic rings. The Labute approximate surface area is 97.9 Å². The second kappa shape index (κ2) is 6.10. The van der Waals surface area contributed by atoms with E-state index in [4.69, 9.17) is 0 Å². The van der Waals surface area contributed by atoms with Crippen LogP contribution in [0, 0.1) is 5.92 Å². The summed E-state index contributed by atoms with van der Waals surface area (Å²) in [6.07, 6.45) is 2.03. The first kappa shape index (κ1) is 12.5. The Hall–Kier alpha value is -0.580. The number of ether oxygens (including phenoxy) is 1. The number of alkyl halides is 1. The molecule has 1 rings (SSSR count). The Morgan fingerprint density at radius 3 is 2.67 bits per heavy atom. The lowest BCUT2D eigenvalue weighted by Gasteiger charge is -2.31. The zero-order chi connectivity index (χ0) is 11.3. The predicted molar refractivity (Wildman–Crippen MR) is 59.7 cm³/mol. The molecule has 1 saturated carbocycles. The topological polar surface area (TPSA) is 55.4 Å². The normalized spacial score (nSPS) is 24.1. The minimum Gasteiger partial charge on any atom is -0.466 e. The molecular weight excluding hydrogens is 262 g/mol. The maximum Gasteiger partial charge on any atom is 0.315 e. The van der Waals surface area contributed by atoms with Gasteiger partial charge in [-0.05, 0) is 25.7 Å². The molecule has 86 valence electrons. The first-order valence-electron chi connectivity index (χ1n) is 5.18. The van der Waals surface area contributed by atoms with Crippen LogP contribution in [0.15, 0.2) is 0 Å². The molecule has 0 aliphatic heterocycles. The Morgan fingerprint density at radius 1 is 1.47 bits per heavy atom. The first-order chi connectivity index (χ1) is 7.11. The summed E-state index contributed by atoms with van der Waals surface area (Å²) in [7, 11) is 0. The maximum absolute atomic E-state index is 11.2. The zero-order valence-corrected chi connectivity index (χ0v) is 10.4. The van der Waals surface area contributed by atoms with Crippen LogP contribution in [0.1, 0.15) is 26.2 Å². The van der Waals surface area contributed by atoms with E-state index in [1.54, 1.807) is 6.92 Å². The van der Waals surface area contributed by atoms with Gasteiger partial charge in [0.25, 0.3) is 0 Å². The van der Waals surface area contributed by atoms with Crippen molar-refractivity contribution in [2.45, 2.75) is 31.0 Å². The Kier molecular flexibility index (Phi) is 5.08. The van der Waals surface area contributed by atoms with Crippen molar-refractivity contribution in [3.8, 4) is 0 Å². The summed E-state index contributed by atoms with van der Waals surface area (Å²) in [5, 5.41) is 2.73. The predicted octanol–water partition coefficient (Wildman–Crippen LogP) is 1.23. The summed E-state index contributed by atoms with van der Waals surface area (Å²) >= 11 is 3.48. The Morgan fingerprint density at radius 2 is 2.13 bits per heavy atom. The van der Waals surface area contributed by atoms with Crippen molar-refractivity contribution in [3.05, 3.63) is 0 Å². The molecule has 0 unspecified atom stereocenters. The standard InChI is InChI=1S/C10H16BrNO3/c1-2-15-10(14)5-9(13)12-6-7-3-8(11)4-7/h7-8H,2-6H2,1H3,(H,12,13). The van der Waals surface area contributed by atoms with Gasteiger partial charge in [0, 0.05) is 11.4 Å². The van der Waals surface area contributed by atoms with Gasteiger partial charge in [0.15, 0.2) is 0 Å². The number of amides is 1. The lowest BCUT2D eigenvalue weighted by molar-refractivity contribution is -0.146. The van der Waals surface area contributed by atoms with E-state index in [0.29, 0.717) is 23.9 Å². The number of nitrogens with one attached hydrogen (secondary N) is 1. The van der Waals surface area contributed by atoms with Gasteiger partial charge in [-0.2, -0.15) is 0 Å². The molecular formula is C10H16BrNO3. The zero-order valence-electron chi connectivity index (χ0n) is 8.79. The molecule has 0 radical (unpaired) electrons. The van der Waals surface area contributed by atoms with Crippen LogP contribution in [0.3, 0.4) is 0 Å². The van der Waals surface area contributed by atoms with Gasteiger partial charge in [-0.3, -0.25) is 9.59 Å². The van der Waals surface area contributed by atoms with Crippen molar-refractivity contribution < 1.29 is 14.3 Å². The Balaban J connectivity index is 2.06. The van der Waals surface area contributed by atoms with Gasteiger partial charge in [-0.1, -0.05) is 15.9 Å². The molecule has 0 bridgehead atoms. The number of esters is 1. The minimum atomic E-state index is -0.457. The number of hydrogen-bond acceptors (Lipinski definition) is 3. The number of hydrogen-bond donors (Lipinski definition) is 1. The van der Waals surface area contributed by atoms with Gasteiger partial charge < -0.3 is 10.1 Å². The van der Waals surface area contributed by atoms with E-state index in [1.165, 1.54) is 0 Å². The molecule has 5 heteroatoms. The molecule has 1 N–H and O–H groups in total. The lowest BCUT2D eigenvalue weighted by atomic mass is 9.85. The van der Waals surface area contributed by atoms with Gasteiger partial charge in [0.1, 0.15) is 6.42 Å². The summed E-state index contributed by atoms with van der Waals surface area (Å²) < 4.78 is 4.67. The molecule has 1 amide bonds. The van der Waals surface area contributed by atoms with Crippen LogP contribution in [-0.2, 0) is 14.3 Å². The highest BCUT2D eigenvalue weighted by molar-refractivity contribution is 9.09. The van der Waals surface area contributed by atoms with Crippen LogP contribution in [0.2, 0.25) is 0 Å². The number of halogens is 1. The van der Waals surface area contributed by atoms with Crippen molar-refractivity contribution in [2.24, 2.45) is 5.92 Å². The highest BCUT2D eigenvalue weighted by atomic mass is 79.9. The van der Waals surface area contributed by atoms with Gasteiger partial charge >= 0.3 is 5.97 Å². The molecule has 0 spiro atoms. The van der Waals surface area contributed by atoms with E-state index < -0.39 is 5.97 Å². The molecule has 0 heterocycles. The van der Waals surface area contributed by atoms with Crippen LogP contribution < -0.4 is 5.32 Å². The van der Waals surface area contributed by atoms with Gasteiger partial charge in [-0.25, -0.2) is 0 Å². The third-order valence-electron chi connectivity index (χ3n) is 2.38. The van der Waals surface area contributed by atoms with Crippen LogP contribution in [0.4, 0.5) is 0 Å². The molecule has 0 aromatic heterocycles. The highest BCUT2D eigenvalue weighted by Gasteiger charge is 2.26. The summed E-state index contributed by atoms with van der Waals surface area (Å²) in [6.45, 7) is 2.71. The maximum atomic E-state index is 11.2. The summed E-state index contributed by atoms with van der Waals surface area (Å²) in [5.74, 6) is -0.144. The monoisotopic (exact) mass is 277 g/mol. The lowest BCUT2D eigenvalue weighted by Crippen LogP contribution is -2.37. The van der Waals surface area contributed by atoms with Crippen LogP contribution in [0.25, 0.3) is 0 Å². The molecule has 15 heavy (non-hydrogen) atoms. The first-order valence-corrected chi connectivity index (χ1v) is 6.09. The molecule has 4 nitrogen and oxygen atoms in total. The third kappa shape index (κ3) is 4.64. The fourth-order valence-electron chi connectivity index (χ4n) is 1.48. The third-order valence-corrected chi connectivity index (χ3v) is 3.12. The van der Waals surface area contributed by atoms with Crippen LogP contribution in [0.5, 0.6) is 0 Å². The SMILES string of the molecule is CCOC(=O)CC(=O)NCC1CC(Br)C1. The molecule has 0 aromatic carbocycles. The molecule has 0 saturated heterocycles. The average Bonchev–Trinajstić information content (AvgIpc) is 2.11. The van der Waals surface area contributed by atoms with Crippen molar-refractivity contribution in [3.63, 3.8) is 0 Å². The summed E-state index contributed by atoms with van der Waals surface area (Å²) in [4.78, 5) is 22.8. The smallest absolute Gasteiger partial charge is 0.315 e. The van der Waals surface area contributed by atoms with Crippen molar-refractivity contribution in [2.75, 3.05) is 13.2 Å². The Bertz CT molecular complexity index is 239. The fourth-order valence-corrected chi connectivity index (χ4v) is 2.54. The minimum absolute atomic E-state index is 0.168. The van der Waals surface area contributed by atoms with Gasteiger partial charge in [-0.15, -0.1) is 0 Å². The summed E-state index contributed by atoms with van der Waals surface area (Å²) in [6, 6.07) is 0. The largest absolute Gasteiger partial charge is 0.466 e. The van der Waals surface area contributed by atoms with Crippen molar-refractivity contribution in [1.82, 2.24) is 5.32 Å². The van der Waals surface area contributed by atoms with E-state index in [2.05, 4.69) is 26.0 Å². The quantitative estimate of drug-likeness (QED) is 0.467. The number of carbonyl (C=O) groups is 2. The molecule has 0 atom stereocenters. The average molecular weight is 278 g/mol. The van der Waals surface area contributed by atoms with E-state index >= 15 is 0 Å². The second-order valence-electron chi connectivity index (χ2n) is 3.72. The van der Waals surface area contributed by atoms with Gasteiger partial charge in [0.2, 0.25) is 5.91 Å². The molecule has 1 aliphatic rings. The van der Waals surface area contributed by atoms with E-state index in [1.807, 2.05) is 0 Å². The number of rotatable bonds is 5. The highest BCUT2D eigenvalue weighted by Crippen LogP contribution is 2.32. The van der Waals surface area contributed by atoms with Crippen molar-refractivity contribution >= 4 is 27.8 Å². The van der Waals surface area contributed by atoms with Crippen LogP contribution >= 0.6 is 15.9 Å². The van der Waals surface area contributed by atoms with Gasteiger partial charge in [0.05, 0.1) is 6.61 Å². The van der Waals surface area contributed by atoms with E-state index in [0.717, 1.165) is 12.8 Å². The summed E-state index contributed by atoms with van der Waals surface area (Å²) in [5.41, 5.74) is 0. The molecule has 1 aliphatic carbocycles. The van der Waals surface area contributed by atoms with Crippen LogP contribution in [-0.4, -0.2) is 29.9 Å². The van der Waals surface area contributed by atoms with E-state index in [9.17, 15) is 9.59 Å². The fraction of sp³-hybridized carbons (Fsp3) is 0.800. The van der Waals surface area contributed by atoms with E-state index in [-0.39, 0.29) is 12.3 Å². The number of carbonyl (C=O) groups excluding carboxylic acids is 2. The molecule has 1 fully saturated rings.